The van der Waals surface area contributed by atoms with Crippen molar-refractivity contribution in [1.29, 1.82) is 0 Å². The van der Waals surface area contributed by atoms with Crippen molar-refractivity contribution in [2.45, 2.75) is 91.7 Å². The van der Waals surface area contributed by atoms with E-state index in [9.17, 15) is 0 Å². The van der Waals surface area contributed by atoms with E-state index in [2.05, 4.69) is 39.9 Å². The van der Waals surface area contributed by atoms with E-state index in [1.807, 2.05) is 7.11 Å². The molecule has 0 aromatic carbocycles. The van der Waals surface area contributed by atoms with E-state index in [0.29, 0.717) is 12.1 Å². The Hall–Kier alpha value is -0.0800. The van der Waals surface area contributed by atoms with Crippen LogP contribution in [-0.4, -0.2) is 25.8 Å². The number of hydrogen-bond donors (Lipinski definition) is 1. The zero-order valence-electron chi connectivity index (χ0n) is 14.2. The van der Waals surface area contributed by atoms with Crippen LogP contribution in [0.2, 0.25) is 0 Å². The third-order valence-electron chi connectivity index (χ3n) is 3.81. The molecule has 2 heteroatoms. The van der Waals surface area contributed by atoms with Gasteiger partial charge in [0, 0.05) is 13.2 Å². The lowest BCUT2D eigenvalue weighted by Crippen LogP contribution is -2.47. The van der Waals surface area contributed by atoms with Crippen molar-refractivity contribution in [3.05, 3.63) is 0 Å². The fraction of sp³-hybridized carbons (Fsp3) is 1.00. The van der Waals surface area contributed by atoms with Crippen LogP contribution in [0, 0.1) is 5.41 Å². The van der Waals surface area contributed by atoms with Gasteiger partial charge in [-0.15, -0.1) is 0 Å². The molecule has 0 amide bonds. The highest BCUT2D eigenvalue weighted by Crippen LogP contribution is 2.27. The number of nitrogens with one attached hydrogen (secondary N) is 1. The summed E-state index contributed by atoms with van der Waals surface area (Å²) in [6, 6.07) is 0.487. The first-order chi connectivity index (χ1) is 8.97. The summed E-state index contributed by atoms with van der Waals surface area (Å²) in [7, 11) is 1.85. The Morgan fingerprint density at radius 2 is 1.53 bits per heavy atom. The van der Waals surface area contributed by atoms with Crippen molar-refractivity contribution in [2.75, 3.05) is 13.7 Å². The molecular weight excluding hydrogens is 234 g/mol. The van der Waals surface area contributed by atoms with Crippen molar-refractivity contribution in [3.63, 3.8) is 0 Å². The molecule has 0 saturated heterocycles. The monoisotopic (exact) mass is 271 g/mol. The van der Waals surface area contributed by atoms with Crippen molar-refractivity contribution >= 4 is 0 Å². The van der Waals surface area contributed by atoms with Crippen LogP contribution in [0.15, 0.2) is 0 Å². The SMILES string of the molecule is CCCCCCCCC(NCC)C(OC)C(C)(C)C. The molecule has 2 unspecified atom stereocenters. The van der Waals surface area contributed by atoms with E-state index >= 15 is 0 Å². The Kier molecular flexibility index (Phi) is 10.6. The van der Waals surface area contributed by atoms with Crippen LogP contribution >= 0.6 is 0 Å². The summed E-state index contributed by atoms with van der Waals surface area (Å²) in [5.41, 5.74) is 0.198. The Morgan fingerprint density at radius 1 is 0.947 bits per heavy atom. The smallest absolute Gasteiger partial charge is 0.0772 e. The van der Waals surface area contributed by atoms with Crippen molar-refractivity contribution in [1.82, 2.24) is 5.32 Å². The zero-order valence-corrected chi connectivity index (χ0v) is 14.2. The zero-order chi connectivity index (χ0) is 14.7. The van der Waals surface area contributed by atoms with Gasteiger partial charge in [0.05, 0.1) is 6.10 Å². The van der Waals surface area contributed by atoms with Gasteiger partial charge in [-0.3, -0.25) is 0 Å². The van der Waals surface area contributed by atoms with Crippen LogP contribution < -0.4 is 5.32 Å². The Morgan fingerprint density at radius 3 is 2.00 bits per heavy atom. The lowest BCUT2D eigenvalue weighted by Gasteiger charge is -2.36. The molecule has 0 radical (unpaired) electrons. The molecular formula is C17H37NO. The van der Waals surface area contributed by atoms with Gasteiger partial charge in [-0.2, -0.15) is 0 Å². The minimum Gasteiger partial charge on any atom is -0.379 e. The molecule has 0 aliphatic rings. The van der Waals surface area contributed by atoms with E-state index < -0.39 is 0 Å². The molecule has 0 bridgehead atoms. The third-order valence-corrected chi connectivity index (χ3v) is 3.81. The summed E-state index contributed by atoms with van der Waals surface area (Å²) in [5, 5.41) is 3.62. The normalized spacial score (nSPS) is 15.5. The molecule has 0 aromatic rings. The lowest BCUT2D eigenvalue weighted by molar-refractivity contribution is -0.0133. The molecule has 0 aliphatic carbocycles. The molecule has 0 heterocycles. The molecule has 0 saturated carbocycles. The first-order valence-electron chi connectivity index (χ1n) is 8.23. The summed E-state index contributed by atoms with van der Waals surface area (Å²) in [4.78, 5) is 0. The fourth-order valence-corrected chi connectivity index (χ4v) is 2.89. The Labute approximate surface area is 121 Å². The maximum absolute atomic E-state index is 5.76. The molecule has 0 rings (SSSR count). The largest absolute Gasteiger partial charge is 0.379 e. The highest BCUT2D eigenvalue weighted by Gasteiger charge is 2.31. The van der Waals surface area contributed by atoms with Crippen LogP contribution in [0.4, 0.5) is 0 Å². The van der Waals surface area contributed by atoms with Crippen LogP contribution in [0.5, 0.6) is 0 Å². The summed E-state index contributed by atoms with van der Waals surface area (Å²) in [5.74, 6) is 0. The van der Waals surface area contributed by atoms with E-state index in [1.54, 1.807) is 0 Å². The van der Waals surface area contributed by atoms with Crippen LogP contribution in [0.1, 0.15) is 79.6 Å². The van der Waals surface area contributed by atoms with Gasteiger partial charge in [-0.25, -0.2) is 0 Å². The highest BCUT2D eigenvalue weighted by molar-refractivity contribution is 4.85. The van der Waals surface area contributed by atoms with Crippen LogP contribution in [-0.2, 0) is 4.74 Å². The first kappa shape index (κ1) is 18.9. The molecule has 19 heavy (non-hydrogen) atoms. The van der Waals surface area contributed by atoms with Crippen molar-refractivity contribution in [3.8, 4) is 0 Å². The van der Waals surface area contributed by atoms with E-state index in [0.717, 1.165) is 6.54 Å². The molecule has 2 nitrogen and oxygen atoms in total. The maximum atomic E-state index is 5.76. The van der Waals surface area contributed by atoms with Gasteiger partial charge in [-0.05, 0) is 18.4 Å². The third kappa shape index (κ3) is 8.65. The van der Waals surface area contributed by atoms with Gasteiger partial charge in [0.25, 0.3) is 0 Å². The second kappa shape index (κ2) is 10.7. The first-order valence-corrected chi connectivity index (χ1v) is 8.23. The number of ether oxygens (including phenoxy) is 1. The average molecular weight is 271 g/mol. The molecule has 0 aliphatic heterocycles. The van der Waals surface area contributed by atoms with E-state index in [-0.39, 0.29) is 5.41 Å². The standard InChI is InChI=1S/C17H37NO/c1-7-9-10-11-12-13-14-15(18-8-2)16(19-6)17(3,4)5/h15-16,18H,7-14H2,1-6H3. The number of hydrogen-bond acceptors (Lipinski definition) is 2. The summed E-state index contributed by atoms with van der Waals surface area (Å²) in [6.45, 7) is 12.3. The van der Waals surface area contributed by atoms with Gasteiger partial charge >= 0.3 is 0 Å². The molecule has 0 aromatic heterocycles. The number of rotatable bonds is 11. The number of unbranched alkanes of at least 4 members (excludes halogenated alkanes) is 5. The van der Waals surface area contributed by atoms with Gasteiger partial charge in [0.2, 0.25) is 0 Å². The van der Waals surface area contributed by atoms with Gasteiger partial charge in [-0.1, -0.05) is 73.1 Å². The number of methoxy groups -OCH3 is 1. The molecule has 0 spiro atoms. The summed E-state index contributed by atoms with van der Waals surface area (Å²) in [6.07, 6.45) is 9.71. The van der Waals surface area contributed by atoms with Crippen molar-refractivity contribution < 1.29 is 4.74 Å². The summed E-state index contributed by atoms with van der Waals surface area (Å²) < 4.78 is 5.76. The molecule has 116 valence electrons. The molecule has 0 fully saturated rings. The predicted octanol–water partition coefficient (Wildman–Crippen LogP) is 4.78. The van der Waals surface area contributed by atoms with Gasteiger partial charge in [0.1, 0.15) is 0 Å². The van der Waals surface area contributed by atoms with Gasteiger partial charge in [0.15, 0.2) is 0 Å². The molecule has 1 N–H and O–H groups in total. The highest BCUT2D eigenvalue weighted by atomic mass is 16.5. The average Bonchev–Trinajstić information content (AvgIpc) is 2.32. The van der Waals surface area contributed by atoms with Crippen LogP contribution in [0.25, 0.3) is 0 Å². The van der Waals surface area contributed by atoms with Crippen molar-refractivity contribution in [2.24, 2.45) is 5.41 Å². The second-order valence-corrected chi connectivity index (χ2v) is 6.74. The Bertz CT molecular complexity index is 198. The maximum Gasteiger partial charge on any atom is 0.0772 e. The van der Waals surface area contributed by atoms with Crippen LogP contribution in [0.3, 0.4) is 0 Å². The number of likely N-dealkylation sites (N-methyl/N-ethyl adjacent to an activating group) is 1. The topological polar surface area (TPSA) is 21.3 Å². The molecule has 2 atom stereocenters. The fourth-order valence-electron chi connectivity index (χ4n) is 2.89. The Balaban J connectivity index is 4.10. The minimum absolute atomic E-state index is 0.198. The lowest BCUT2D eigenvalue weighted by atomic mass is 9.82. The van der Waals surface area contributed by atoms with E-state index in [1.165, 1.54) is 44.9 Å². The van der Waals surface area contributed by atoms with E-state index in [4.69, 9.17) is 4.74 Å². The minimum atomic E-state index is 0.198. The second-order valence-electron chi connectivity index (χ2n) is 6.74. The predicted molar refractivity (Wildman–Crippen MR) is 85.7 cm³/mol. The van der Waals surface area contributed by atoms with Gasteiger partial charge < -0.3 is 10.1 Å². The summed E-state index contributed by atoms with van der Waals surface area (Å²) >= 11 is 0. The quantitative estimate of drug-likeness (QED) is 0.546.